The number of aromatic nitrogens is 3. The highest BCUT2D eigenvalue weighted by Crippen LogP contribution is 2.31. The summed E-state index contributed by atoms with van der Waals surface area (Å²) in [5.74, 6) is 1.24. The smallest absolute Gasteiger partial charge is 0.157 e. The minimum Gasteiger partial charge on any atom is -0.362 e. The van der Waals surface area contributed by atoms with Gasteiger partial charge in [0.25, 0.3) is 0 Å². The zero-order chi connectivity index (χ0) is 20.4. The quantitative estimate of drug-likeness (QED) is 0.700. The summed E-state index contributed by atoms with van der Waals surface area (Å²) in [6, 6.07) is 10.3. The average molecular weight is 387 g/mol. The molecule has 3 heterocycles. The standard InChI is InChI=1S/C23H26N6/c1-14-18(12-24)5-4-6-19(14)15(2)27-23-20-11-22(17-7-9-25-10-8-17)26-13-21(20)16(3)28-29-23/h4-6,11,13,15,17,25H,7-10H2,1-3H3,(H,27,29)/t15-/m1/s1. The number of rotatable bonds is 4. The summed E-state index contributed by atoms with van der Waals surface area (Å²) < 4.78 is 0. The number of hydrogen-bond donors (Lipinski definition) is 2. The van der Waals surface area contributed by atoms with E-state index in [1.165, 1.54) is 0 Å². The monoisotopic (exact) mass is 386 g/mol. The first-order chi connectivity index (χ1) is 14.1. The molecule has 1 aromatic carbocycles. The lowest BCUT2D eigenvalue weighted by molar-refractivity contribution is 0.453. The first kappa shape index (κ1) is 19.3. The van der Waals surface area contributed by atoms with Gasteiger partial charge in [-0.1, -0.05) is 12.1 Å². The fourth-order valence-electron chi connectivity index (χ4n) is 4.16. The second kappa shape index (κ2) is 8.14. The maximum absolute atomic E-state index is 9.34. The minimum absolute atomic E-state index is 0.000924. The van der Waals surface area contributed by atoms with E-state index in [9.17, 15) is 5.26 Å². The van der Waals surface area contributed by atoms with Crippen LogP contribution in [0.2, 0.25) is 0 Å². The number of fused-ring (bicyclic) bond motifs is 1. The number of aryl methyl sites for hydroxylation is 1. The van der Waals surface area contributed by atoms with Crippen LogP contribution in [0.5, 0.6) is 0 Å². The number of hydrogen-bond acceptors (Lipinski definition) is 6. The summed E-state index contributed by atoms with van der Waals surface area (Å²) >= 11 is 0. The van der Waals surface area contributed by atoms with Gasteiger partial charge < -0.3 is 10.6 Å². The summed E-state index contributed by atoms with van der Waals surface area (Å²) in [5, 5.41) is 27.2. The molecular weight excluding hydrogens is 360 g/mol. The molecule has 1 aliphatic heterocycles. The lowest BCUT2D eigenvalue weighted by atomic mass is 9.93. The van der Waals surface area contributed by atoms with E-state index in [-0.39, 0.29) is 6.04 Å². The molecule has 1 saturated heterocycles. The van der Waals surface area contributed by atoms with Crippen LogP contribution in [-0.4, -0.2) is 28.3 Å². The van der Waals surface area contributed by atoms with Crippen molar-refractivity contribution in [2.75, 3.05) is 18.4 Å². The number of pyridine rings is 1. The van der Waals surface area contributed by atoms with Gasteiger partial charge in [0.1, 0.15) is 0 Å². The Morgan fingerprint density at radius 2 is 1.97 bits per heavy atom. The highest BCUT2D eigenvalue weighted by molar-refractivity contribution is 5.92. The van der Waals surface area contributed by atoms with Gasteiger partial charge >= 0.3 is 0 Å². The van der Waals surface area contributed by atoms with Crippen molar-refractivity contribution in [2.45, 2.75) is 45.6 Å². The van der Waals surface area contributed by atoms with Gasteiger partial charge in [-0.25, -0.2) is 0 Å². The molecule has 0 aliphatic carbocycles. The molecule has 6 heteroatoms. The molecule has 0 radical (unpaired) electrons. The van der Waals surface area contributed by atoms with Crippen molar-refractivity contribution in [2.24, 2.45) is 0 Å². The zero-order valence-corrected chi connectivity index (χ0v) is 17.2. The third kappa shape index (κ3) is 3.79. The summed E-state index contributed by atoms with van der Waals surface area (Å²) in [6.07, 6.45) is 4.15. The number of nitrogens with one attached hydrogen (secondary N) is 2. The topological polar surface area (TPSA) is 86.5 Å². The molecule has 1 atom stereocenters. The third-order valence-electron chi connectivity index (χ3n) is 5.94. The summed E-state index contributed by atoms with van der Waals surface area (Å²) in [4.78, 5) is 4.75. The molecular formula is C23H26N6. The van der Waals surface area contributed by atoms with Crippen molar-refractivity contribution in [3.8, 4) is 6.07 Å². The lowest BCUT2D eigenvalue weighted by Gasteiger charge is -2.23. The number of nitrogens with zero attached hydrogens (tertiary/aromatic N) is 4. The molecule has 6 nitrogen and oxygen atoms in total. The fraction of sp³-hybridized carbons (Fsp3) is 0.391. The van der Waals surface area contributed by atoms with Gasteiger partial charge in [-0.2, -0.15) is 10.4 Å². The Balaban J connectivity index is 1.71. The van der Waals surface area contributed by atoms with Crippen molar-refractivity contribution in [3.63, 3.8) is 0 Å². The summed E-state index contributed by atoms with van der Waals surface area (Å²) in [7, 11) is 0. The maximum atomic E-state index is 9.34. The molecule has 0 saturated carbocycles. The highest BCUT2D eigenvalue weighted by Gasteiger charge is 2.19. The molecule has 1 aliphatic rings. The SMILES string of the molecule is Cc1c(C#N)cccc1[C@@H](C)Nc1nnc(C)c2cnc(C3CCNCC3)cc12. The molecule has 0 unspecified atom stereocenters. The van der Waals surface area contributed by atoms with Crippen LogP contribution < -0.4 is 10.6 Å². The minimum atomic E-state index is -0.000924. The van der Waals surface area contributed by atoms with Gasteiger partial charge in [-0.3, -0.25) is 4.98 Å². The van der Waals surface area contributed by atoms with Crippen molar-refractivity contribution in [1.29, 1.82) is 5.26 Å². The van der Waals surface area contributed by atoms with Crippen LogP contribution >= 0.6 is 0 Å². The Morgan fingerprint density at radius 1 is 1.17 bits per heavy atom. The van der Waals surface area contributed by atoms with E-state index < -0.39 is 0 Å². The molecule has 3 aromatic rings. The maximum Gasteiger partial charge on any atom is 0.157 e. The molecule has 148 valence electrons. The average Bonchev–Trinajstić information content (AvgIpc) is 2.76. The highest BCUT2D eigenvalue weighted by atomic mass is 15.2. The Hall–Kier alpha value is -3.04. The van der Waals surface area contributed by atoms with Crippen molar-refractivity contribution in [1.82, 2.24) is 20.5 Å². The van der Waals surface area contributed by atoms with Gasteiger partial charge in [0.15, 0.2) is 5.82 Å². The number of benzene rings is 1. The zero-order valence-electron chi connectivity index (χ0n) is 17.2. The lowest BCUT2D eigenvalue weighted by Crippen LogP contribution is -2.27. The van der Waals surface area contributed by atoms with Crippen LogP contribution in [0.15, 0.2) is 30.5 Å². The van der Waals surface area contributed by atoms with Crippen LogP contribution in [-0.2, 0) is 0 Å². The van der Waals surface area contributed by atoms with Crippen molar-refractivity contribution >= 4 is 16.6 Å². The van der Waals surface area contributed by atoms with E-state index in [2.05, 4.69) is 46.0 Å². The molecule has 4 rings (SSSR count). The summed E-state index contributed by atoms with van der Waals surface area (Å²) in [6.45, 7) is 8.12. The van der Waals surface area contributed by atoms with Gasteiger partial charge in [-0.15, -0.1) is 5.10 Å². The van der Waals surface area contributed by atoms with Gasteiger partial charge in [0.05, 0.1) is 23.4 Å². The van der Waals surface area contributed by atoms with E-state index in [4.69, 9.17) is 4.98 Å². The second-order valence-electron chi connectivity index (χ2n) is 7.81. The molecule has 1 fully saturated rings. The molecule has 29 heavy (non-hydrogen) atoms. The summed E-state index contributed by atoms with van der Waals surface area (Å²) in [5.41, 5.74) is 4.80. The molecule has 2 N–H and O–H groups in total. The van der Waals surface area contributed by atoms with Gasteiger partial charge in [0.2, 0.25) is 0 Å². The van der Waals surface area contributed by atoms with E-state index in [0.29, 0.717) is 11.5 Å². The van der Waals surface area contributed by atoms with Gasteiger partial charge in [-0.05, 0) is 70.0 Å². The van der Waals surface area contributed by atoms with E-state index in [0.717, 1.165) is 65.0 Å². The molecule has 0 amide bonds. The van der Waals surface area contributed by atoms with Crippen LogP contribution in [0.4, 0.5) is 5.82 Å². The Bertz CT molecular complexity index is 1080. The predicted octanol–water partition coefficient (Wildman–Crippen LogP) is 4.15. The largest absolute Gasteiger partial charge is 0.362 e. The van der Waals surface area contributed by atoms with Crippen molar-refractivity contribution in [3.05, 3.63) is 58.5 Å². The fourth-order valence-corrected chi connectivity index (χ4v) is 4.16. The first-order valence-corrected chi connectivity index (χ1v) is 10.2. The van der Waals surface area contributed by atoms with E-state index in [1.807, 2.05) is 32.2 Å². The van der Waals surface area contributed by atoms with E-state index in [1.54, 1.807) is 0 Å². The van der Waals surface area contributed by atoms with Crippen LogP contribution in [0.25, 0.3) is 10.8 Å². The van der Waals surface area contributed by atoms with Crippen LogP contribution in [0, 0.1) is 25.2 Å². The number of nitriles is 1. The molecule has 0 bridgehead atoms. The Labute approximate surface area is 171 Å². The Morgan fingerprint density at radius 3 is 2.72 bits per heavy atom. The second-order valence-corrected chi connectivity index (χ2v) is 7.81. The Kier molecular flexibility index (Phi) is 5.41. The number of anilines is 1. The molecule has 2 aromatic heterocycles. The van der Waals surface area contributed by atoms with Crippen LogP contribution in [0.3, 0.4) is 0 Å². The molecule has 0 spiro atoms. The first-order valence-electron chi connectivity index (χ1n) is 10.2. The van der Waals surface area contributed by atoms with Gasteiger partial charge in [0, 0.05) is 28.6 Å². The predicted molar refractivity (Wildman–Crippen MR) is 115 cm³/mol. The van der Waals surface area contributed by atoms with E-state index >= 15 is 0 Å². The van der Waals surface area contributed by atoms with Crippen molar-refractivity contribution < 1.29 is 0 Å². The normalized spacial score (nSPS) is 15.8. The number of piperidine rings is 1. The third-order valence-corrected chi connectivity index (χ3v) is 5.94. The van der Waals surface area contributed by atoms with Crippen LogP contribution in [0.1, 0.15) is 59.8 Å².